The summed E-state index contributed by atoms with van der Waals surface area (Å²) in [4.78, 5) is 10.9. The Morgan fingerprint density at radius 2 is 1.66 bits per heavy atom. The predicted octanol–water partition coefficient (Wildman–Crippen LogP) is 5.81. The van der Waals surface area contributed by atoms with Gasteiger partial charge in [0.1, 0.15) is 16.5 Å². The summed E-state index contributed by atoms with van der Waals surface area (Å²) in [5.41, 5.74) is 3.22. The minimum absolute atomic E-state index is 0.863. The third-order valence-electron chi connectivity index (χ3n) is 6.37. The molecule has 1 fully saturated rings. The number of aromatic nitrogens is 3. The van der Waals surface area contributed by atoms with E-state index in [0.717, 1.165) is 76.5 Å². The number of rotatable bonds is 6. The molecule has 0 atom stereocenters. The minimum Gasteiger partial charge on any atom is -0.497 e. The maximum atomic E-state index is 5.26. The molecule has 0 amide bonds. The lowest BCUT2D eigenvalue weighted by Gasteiger charge is -2.35. The molecule has 4 heterocycles. The number of methoxy groups -OCH3 is 1. The van der Waals surface area contributed by atoms with Gasteiger partial charge in [-0.15, -0.1) is 32.9 Å². The fourth-order valence-electron chi connectivity index (χ4n) is 4.51. The molecular weight excluding hydrogens is 474 g/mol. The number of ether oxygens (including phenoxy) is 1. The third kappa shape index (κ3) is 4.52. The number of benzene rings is 2. The average Bonchev–Trinajstić information content (AvgIpc) is 3.62. The zero-order valence-electron chi connectivity index (χ0n) is 19.4. The van der Waals surface area contributed by atoms with E-state index in [4.69, 9.17) is 9.72 Å². The van der Waals surface area contributed by atoms with Gasteiger partial charge in [0.2, 0.25) is 0 Å². The molecule has 0 spiro atoms. The van der Waals surface area contributed by atoms with E-state index in [9.17, 15) is 0 Å². The molecule has 0 radical (unpaired) electrons. The topological polar surface area (TPSA) is 54.4 Å². The number of anilines is 1. The van der Waals surface area contributed by atoms with Gasteiger partial charge in [0.15, 0.2) is 5.82 Å². The Labute approximate surface area is 212 Å². The van der Waals surface area contributed by atoms with Crippen LogP contribution in [0.3, 0.4) is 0 Å². The second-order valence-corrected chi connectivity index (χ2v) is 10.3. The van der Waals surface area contributed by atoms with E-state index >= 15 is 0 Å². The SMILES string of the molecule is COc1ccc(-c2nc(CN3CCN(c4nnc(-c5cccs5)c5ccccc45)CC3)cs2)cc1. The van der Waals surface area contributed by atoms with E-state index in [1.807, 2.05) is 12.1 Å². The second-order valence-electron chi connectivity index (χ2n) is 8.53. The maximum absolute atomic E-state index is 5.26. The number of hydrogen-bond donors (Lipinski definition) is 0. The van der Waals surface area contributed by atoms with Crippen LogP contribution >= 0.6 is 22.7 Å². The van der Waals surface area contributed by atoms with Gasteiger partial charge in [0.25, 0.3) is 0 Å². The molecule has 0 unspecified atom stereocenters. The minimum atomic E-state index is 0.863. The van der Waals surface area contributed by atoms with Crippen molar-refractivity contribution in [2.75, 3.05) is 38.2 Å². The Kier molecular flexibility index (Phi) is 6.16. The van der Waals surface area contributed by atoms with Crippen molar-refractivity contribution in [3.63, 3.8) is 0 Å². The number of nitrogens with zero attached hydrogens (tertiary/aromatic N) is 5. The summed E-state index contributed by atoms with van der Waals surface area (Å²) in [6, 6.07) is 20.8. The van der Waals surface area contributed by atoms with E-state index < -0.39 is 0 Å². The monoisotopic (exact) mass is 499 g/mol. The summed E-state index contributed by atoms with van der Waals surface area (Å²) >= 11 is 3.40. The Balaban J connectivity index is 1.14. The van der Waals surface area contributed by atoms with Gasteiger partial charge in [0, 0.05) is 54.4 Å². The summed E-state index contributed by atoms with van der Waals surface area (Å²) in [5.74, 6) is 1.85. The molecule has 6 rings (SSSR count). The Morgan fingerprint density at radius 3 is 2.40 bits per heavy atom. The third-order valence-corrected chi connectivity index (χ3v) is 8.19. The molecule has 35 heavy (non-hydrogen) atoms. The molecule has 0 bridgehead atoms. The first-order valence-corrected chi connectivity index (χ1v) is 13.4. The molecule has 1 aliphatic heterocycles. The van der Waals surface area contributed by atoms with Gasteiger partial charge in [-0.2, -0.15) is 0 Å². The Hall–Kier alpha value is -3.33. The second kappa shape index (κ2) is 9.73. The van der Waals surface area contributed by atoms with E-state index in [1.165, 1.54) is 5.39 Å². The highest BCUT2D eigenvalue weighted by Crippen LogP contribution is 2.34. The van der Waals surface area contributed by atoms with Crippen LogP contribution in [0.25, 0.3) is 31.9 Å². The quantitative estimate of drug-likeness (QED) is 0.294. The molecule has 0 aliphatic carbocycles. The van der Waals surface area contributed by atoms with Gasteiger partial charge >= 0.3 is 0 Å². The highest BCUT2D eigenvalue weighted by molar-refractivity contribution is 7.13. The van der Waals surface area contributed by atoms with E-state index in [1.54, 1.807) is 29.8 Å². The molecule has 5 aromatic rings. The van der Waals surface area contributed by atoms with Crippen LogP contribution in [0.15, 0.2) is 71.4 Å². The lowest BCUT2D eigenvalue weighted by molar-refractivity contribution is 0.247. The van der Waals surface area contributed by atoms with Crippen molar-refractivity contribution in [1.82, 2.24) is 20.1 Å². The van der Waals surface area contributed by atoms with Crippen LogP contribution in [0.4, 0.5) is 5.82 Å². The van der Waals surface area contributed by atoms with Crippen LogP contribution in [0.1, 0.15) is 5.69 Å². The normalized spacial score (nSPS) is 14.5. The van der Waals surface area contributed by atoms with Crippen LogP contribution in [0, 0.1) is 0 Å². The highest BCUT2D eigenvalue weighted by Gasteiger charge is 2.22. The van der Waals surface area contributed by atoms with Gasteiger partial charge in [-0.1, -0.05) is 30.3 Å². The standard InChI is InChI=1S/C27H25N5OS2/c1-33-21-10-8-19(9-11-21)27-28-20(18-35-27)17-31-12-14-32(15-13-31)26-23-6-3-2-5-22(23)25(29-30-26)24-7-4-16-34-24/h2-11,16,18H,12-15,17H2,1H3. The van der Waals surface area contributed by atoms with Crippen molar-refractivity contribution >= 4 is 39.3 Å². The summed E-state index contributed by atoms with van der Waals surface area (Å²) in [6.07, 6.45) is 0. The number of thiophene rings is 1. The lowest BCUT2D eigenvalue weighted by Crippen LogP contribution is -2.46. The van der Waals surface area contributed by atoms with Crippen molar-refractivity contribution < 1.29 is 4.74 Å². The van der Waals surface area contributed by atoms with Crippen LogP contribution in [0.5, 0.6) is 5.75 Å². The van der Waals surface area contributed by atoms with E-state index in [-0.39, 0.29) is 0 Å². The lowest BCUT2D eigenvalue weighted by atomic mass is 10.1. The summed E-state index contributed by atoms with van der Waals surface area (Å²) in [5, 5.41) is 17.0. The van der Waals surface area contributed by atoms with E-state index in [2.05, 4.69) is 79.3 Å². The molecule has 1 aliphatic rings. The predicted molar refractivity (Wildman–Crippen MR) is 144 cm³/mol. The van der Waals surface area contributed by atoms with Gasteiger partial charge in [0.05, 0.1) is 17.7 Å². The van der Waals surface area contributed by atoms with Gasteiger partial charge in [-0.05, 0) is 35.7 Å². The van der Waals surface area contributed by atoms with Crippen molar-refractivity contribution in [2.24, 2.45) is 0 Å². The maximum Gasteiger partial charge on any atom is 0.159 e. The van der Waals surface area contributed by atoms with Crippen molar-refractivity contribution in [1.29, 1.82) is 0 Å². The average molecular weight is 500 g/mol. The zero-order chi connectivity index (χ0) is 23.6. The van der Waals surface area contributed by atoms with E-state index in [0.29, 0.717) is 0 Å². The molecular formula is C27H25N5OS2. The number of piperazine rings is 1. The fourth-order valence-corrected chi connectivity index (χ4v) is 6.05. The van der Waals surface area contributed by atoms with Crippen molar-refractivity contribution in [2.45, 2.75) is 6.54 Å². The first-order chi connectivity index (χ1) is 17.3. The van der Waals surface area contributed by atoms with Crippen LogP contribution in [-0.2, 0) is 6.54 Å². The largest absolute Gasteiger partial charge is 0.497 e. The van der Waals surface area contributed by atoms with Gasteiger partial charge in [-0.25, -0.2) is 4.98 Å². The van der Waals surface area contributed by atoms with Crippen LogP contribution in [-0.4, -0.2) is 53.4 Å². The van der Waals surface area contributed by atoms with Crippen LogP contribution in [0.2, 0.25) is 0 Å². The first-order valence-electron chi connectivity index (χ1n) is 11.6. The number of hydrogen-bond acceptors (Lipinski definition) is 8. The summed E-state index contributed by atoms with van der Waals surface area (Å²) in [6.45, 7) is 4.65. The molecule has 176 valence electrons. The number of thiazole rings is 1. The van der Waals surface area contributed by atoms with Crippen molar-refractivity contribution in [3.8, 4) is 26.9 Å². The molecule has 6 nitrogen and oxygen atoms in total. The number of fused-ring (bicyclic) bond motifs is 1. The zero-order valence-corrected chi connectivity index (χ0v) is 21.1. The van der Waals surface area contributed by atoms with Gasteiger partial charge < -0.3 is 9.64 Å². The smallest absolute Gasteiger partial charge is 0.159 e. The first kappa shape index (κ1) is 22.2. The fraction of sp³-hybridized carbons (Fsp3) is 0.222. The summed E-state index contributed by atoms with van der Waals surface area (Å²) < 4.78 is 5.26. The van der Waals surface area contributed by atoms with Gasteiger partial charge in [-0.3, -0.25) is 4.90 Å². The molecule has 0 saturated carbocycles. The van der Waals surface area contributed by atoms with Crippen LogP contribution < -0.4 is 9.64 Å². The molecule has 1 saturated heterocycles. The molecule has 3 aromatic heterocycles. The molecule has 8 heteroatoms. The highest BCUT2D eigenvalue weighted by atomic mass is 32.1. The molecule has 2 aromatic carbocycles. The summed E-state index contributed by atoms with van der Waals surface area (Å²) in [7, 11) is 1.69. The Morgan fingerprint density at radius 1 is 0.857 bits per heavy atom. The molecule has 0 N–H and O–H groups in total. The Bertz CT molecular complexity index is 1420. The van der Waals surface area contributed by atoms with Crippen molar-refractivity contribution in [3.05, 3.63) is 77.1 Å².